The molecule has 0 saturated heterocycles. The molecule has 4 heteroatoms. The van der Waals surface area contributed by atoms with Crippen molar-refractivity contribution in [3.63, 3.8) is 0 Å². The largest absolute Gasteiger partial charge is 0.385 e. The molecular formula is C12H14IN3. The second-order valence-corrected chi connectivity index (χ2v) is 4.81. The number of hydrogen-bond acceptors (Lipinski definition) is 2. The van der Waals surface area contributed by atoms with E-state index in [0.717, 1.165) is 19.5 Å². The first-order valence-corrected chi connectivity index (χ1v) is 6.39. The fourth-order valence-corrected chi connectivity index (χ4v) is 1.94. The highest BCUT2D eigenvalue weighted by Gasteiger charge is 1.94. The molecule has 16 heavy (non-hydrogen) atoms. The SMILES string of the molecule is Ic1cnn(CCCNc2ccccc2)c1. The average Bonchev–Trinajstić information content (AvgIpc) is 2.72. The minimum absolute atomic E-state index is 0.961. The van der Waals surface area contributed by atoms with E-state index < -0.39 is 0 Å². The Morgan fingerprint density at radius 2 is 2.06 bits per heavy atom. The van der Waals surface area contributed by atoms with Gasteiger partial charge in [0.2, 0.25) is 0 Å². The maximum absolute atomic E-state index is 4.24. The van der Waals surface area contributed by atoms with Crippen molar-refractivity contribution < 1.29 is 0 Å². The molecule has 1 heterocycles. The predicted molar refractivity (Wildman–Crippen MR) is 74.5 cm³/mol. The quantitative estimate of drug-likeness (QED) is 0.676. The molecule has 0 aliphatic carbocycles. The van der Waals surface area contributed by atoms with Crippen molar-refractivity contribution in [3.8, 4) is 0 Å². The van der Waals surface area contributed by atoms with Crippen molar-refractivity contribution in [2.45, 2.75) is 13.0 Å². The minimum Gasteiger partial charge on any atom is -0.385 e. The summed E-state index contributed by atoms with van der Waals surface area (Å²) in [5.41, 5.74) is 1.18. The molecule has 84 valence electrons. The summed E-state index contributed by atoms with van der Waals surface area (Å²) in [7, 11) is 0. The van der Waals surface area contributed by atoms with Crippen molar-refractivity contribution in [2.24, 2.45) is 0 Å². The number of rotatable bonds is 5. The molecule has 0 fully saturated rings. The number of hydrogen-bond donors (Lipinski definition) is 1. The van der Waals surface area contributed by atoms with Crippen LogP contribution in [0.5, 0.6) is 0 Å². The van der Waals surface area contributed by atoms with Crippen LogP contribution in [0.4, 0.5) is 5.69 Å². The average molecular weight is 327 g/mol. The Morgan fingerprint density at radius 1 is 1.25 bits per heavy atom. The van der Waals surface area contributed by atoms with E-state index in [4.69, 9.17) is 0 Å². The molecular weight excluding hydrogens is 313 g/mol. The van der Waals surface area contributed by atoms with E-state index in [1.165, 1.54) is 9.26 Å². The van der Waals surface area contributed by atoms with Crippen LogP contribution in [0.15, 0.2) is 42.7 Å². The highest BCUT2D eigenvalue weighted by molar-refractivity contribution is 14.1. The molecule has 0 radical (unpaired) electrons. The van der Waals surface area contributed by atoms with E-state index in [0.29, 0.717) is 0 Å². The number of aromatic nitrogens is 2. The summed E-state index contributed by atoms with van der Waals surface area (Å²) < 4.78 is 3.17. The molecule has 0 amide bonds. The van der Waals surface area contributed by atoms with E-state index in [1.807, 2.05) is 29.1 Å². The molecule has 1 aromatic carbocycles. The van der Waals surface area contributed by atoms with Gasteiger partial charge in [-0.3, -0.25) is 4.68 Å². The van der Waals surface area contributed by atoms with Gasteiger partial charge in [-0.2, -0.15) is 5.10 Å². The summed E-state index contributed by atoms with van der Waals surface area (Å²) in [6.45, 7) is 1.93. The van der Waals surface area contributed by atoms with Crippen LogP contribution in [0.1, 0.15) is 6.42 Å². The maximum Gasteiger partial charge on any atom is 0.0623 e. The van der Waals surface area contributed by atoms with Crippen molar-refractivity contribution in [1.29, 1.82) is 0 Å². The first-order chi connectivity index (χ1) is 7.84. The second kappa shape index (κ2) is 5.89. The van der Waals surface area contributed by atoms with Crippen molar-refractivity contribution >= 4 is 28.3 Å². The van der Waals surface area contributed by atoms with Gasteiger partial charge in [0.25, 0.3) is 0 Å². The number of aryl methyl sites for hydroxylation is 1. The molecule has 1 N–H and O–H groups in total. The highest BCUT2D eigenvalue weighted by Crippen LogP contribution is 2.05. The second-order valence-electron chi connectivity index (χ2n) is 3.57. The molecule has 0 aliphatic heterocycles. The third kappa shape index (κ3) is 3.52. The number of benzene rings is 1. The molecule has 2 aromatic rings. The monoisotopic (exact) mass is 327 g/mol. The van der Waals surface area contributed by atoms with Crippen LogP contribution in [-0.4, -0.2) is 16.3 Å². The zero-order valence-corrected chi connectivity index (χ0v) is 11.1. The van der Waals surface area contributed by atoms with E-state index in [-0.39, 0.29) is 0 Å². The zero-order chi connectivity index (χ0) is 11.2. The molecule has 0 aliphatic rings. The summed E-state index contributed by atoms with van der Waals surface area (Å²) >= 11 is 2.27. The van der Waals surface area contributed by atoms with Gasteiger partial charge in [0, 0.05) is 25.0 Å². The van der Waals surface area contributed by atoms with Gasteiger partial charge in [-0.25, -0.2) is 0 Å². The lowest BCUT2D eigenvalue weighted by Gasteiger charge is -2.05. The standard InChI is InChI=1S/C12H14IN3/c13-11-9-15-16(10-11)8-4-7-14-12-5-2-1-3-6-12/h1-3,5-6,9-10,14H,4,7-8H2. The van der Waals surface area contributed by atoms with Crippen molar-refractivity contribution in [1.82, 2.24) is 9.78 Å². The Kier molecular flexibility index (Phi) is 4.21. The summed E-state index contributed by atoms with van der Waals surface area (Å²) in [6.07, 6.45) is 5.01. The smallest absolute Gasteiger partial charge is 0.0623 e. The van der Waals surface area contributed by atoms with Crippen LogP contribution in [0.25, 0.3) is 0 Å². The van der Waals surface area contributed by atoms with Crippen LogP contribution >= 0.6 is 22.6 Å². The Morgan fingerprint density at radius 3 is 2.75 bits per heavy atom. The number of anilines is 1. The van der Waals surface area contributed by atoms with E-state index >= 15 is 0 Å². The molecule has 1 aromatic heterocycles. The van der Waals surface area contributed by atoms with Crippen LogP contribution in [0.3, 0.4) is 0 Å². The zero-order valence-electron chi connectivity index (χ0n) is 8.94. The van der Waals surface area contributed by atoms with Crippen molar-refractivity contribution in [2.75, 3.05) is 11.9 Å². The number of para-hydroxylation sites is 1. The van der Waals surface area contributed by atoms with Crippen LogP contribution < -0.4 is 5.32 Å². The van der Waals surface area contributed by atoms with Crippen LogP contribution in [0.2, 0.25) is 0 Å². The molecule has 0 bridgehead atoms. The molecule has 0 atom stereocenters. The molecule has 0 unspecified atom stereocenters. The van der Waals surface area contributed by atoms with Gasteiger partial charge in [-0.05, 0) is 41.1 Å². The number of halogens is 1. The first kappa shape index (κ1) is 11.4. The minimum atomic E-state index is 0.961. The van der Waals surface area contributed by atoms with E-state index in [1.54, 1.807) is 0 Å². The Bertz CT molecular complexity index is 425. The van der Waals surface area contributed by atoms with Gasteiger partial charge in [0.05, 0.1) is 9.77 Å². The number of nitrogens with one attached hydrogen (secondary N) is 1. The normalized spacial score (nSPS) is 10.3. The topological polar surface area (TPSA) is 29.9 Å². The molecule has 0 saturated carbocycles. The highest BCUT2D eigenvalue weighted by atomic mass is 127. The third-order valence-corrected chi connectivity index (χ3v) is 2.83. The summed E-state index contributed by atoms with van der Waals surface area (Å²) in [6, 6.07) is 10.3. The van der Waals surface area contributed by atoms with E-state index in [9.17, 15) is 0 Å². The molecule has 2 rings (SSSR count). The van der Waals surface area contributed by atoms with Gasteiger partial charge >= 0.3 is 0 Å². The van der Waals surface area contributed by atoms with Gasteiger partial charge < -0.3 is 5.32 Å². The van der Waals surface area contributed by atoms with Crippen LogP contribution in [-0.2, 0) is 6.54 Å². The third-order valence-electron chi connectivity index (χ3n) is 2.27. The fraction of sp³-hybridized carbons (Fsp3) is 0.250. The Balaban J connectivity index is 1.69. The van der Waals surface area contributed by atoms with Gasteiger partial charge in [-0.1, -0.05) is 18.2 Å². The summed E-state index contributed by atoms with van der Waals surface area (Å²) in [5.74, 6) is 0. The van der Waals surface area contributed by atoms with Gasteiger partial charge in [-0.15, -0.1) is 0 Å². The first-order valence-electron chi connectivity index (χ1n) is 5.31. The lowest BCUT2D eigenvalue weighted by molar-refractivity contribution is 0.591. The summed E-state index contributed by atoms with van der Waals surface area (Å²) in [4.78, 5) is 0. The van der Waals surface area contributed by atoms with Gasteiger partial charge in [0.15, 0.2) is 0 Å². The molecule has 3 nitrogen and oxygen atoms in total. The lowest BCUT2D eigenvalue weighted by Crippen LogP contribution is -2.06. The summed E-state index contributed by atoms with van der Waals surface area (Å²) in [5, 5.41) is 7.62. The van der Waals surface area contributed by atoms with E-state index in [2.05, 4.69) is 51.3 Å². The number of nitrogens with zero attached hydrogens (tertiary/aromatic N) is 2. The van der Waals surface area contributed by atoms with Crippen molar-refractivity contribution in [3.05, 3.63) is 46.3 Å². The van der Waals surface area contributed by atoms with Gasteiger partial charge in [0.1, 0.15) is 0 Å². The molecule has 0 spiro atoms. The maximum atomic E-state index is 4.24. The Labute approximate surface area is 109 Å². The van der Waals surface area contributed by atoms with Crippen LogP contribution in [0, 0.1) is 3.57 Å². The predicted octanol–water partition coefficient (Wildman–Crippen LogP) is 2.99. The lowest BCUT2D eigenvalue weighted by atomic mass is 10.3. The Hall–Kier alpha value is -1.04. The fourth-order valence-electron chi connectivity index (χ4n) is 1.49.